The SMILES string of the molecule is CO[C@@](C(=O)N1C(=[Se])OC[C@H]1c1ccccc1)(c1ccccc1)C(F)(F)F. The molecule has 1 fully saturated rings. The van der Waals surface area contributed by atoms with Crippen molar-refractivity contribution >= 4 is 26.2 Å². The van der Waals surface area contributed by atoms with E-state index in [2.05, 4.69) is 15.6 Å². The van der Waals surface area contributed by atoms with Gasteiger partial charge in [-0.05, 0) is 0 Å². The van der Waals surface area contributed by atoms with Crippen LogP contribution in [-0.4, -0.2) is 51.0 Å². The van der Waals surface area contributed by atoms with E-state index in [4.69, 9.17) is 9.47 Å². The maximum absolute atomic E-state index is 14.2. The summed E-state index contributed by atoms with van der Waals surface area (Å²) in [6.07, 6.45) is -4.98. The van der Waals surface area contributed by atoms with Crippen LogP contribution in [0.25, 0.3) is 0 Å². The van der Waals surface area contributed by atoms with E-state index >= 15 is 0 Å². The van der Waals surface area contributed by atoms with Gasteiger partial charge in [-0.15, -0.1) is 0 Å². The molecule has 2 atom stereocenters. The molecule has 1 saturated heterocycles. The molecule has 0 saturated carbocycles. The van der Waals surface area contributed by atoms with Crippen molar-refractivity contribution in [3.63, 3.8) is 0 Å². The van der Waals surface area contributed by atoms with E-state index in [0.29, 0.717) is 5.56 Å². The van der Waals surface area contributed by atoms with Crippen molar-refractivity contribution in [2.24, 2.45) is 0 Å². The number of methoxy groups -OCH3 is 1. The van der Waals surface area contributed by atoms with E-state index < -0.39 is 23.7 Å². The molecule has 1 aliphatic rings. The summed E-state index contributed by atoms with van der Waals surface area (Å²) in [6.45, 7) is 0.0462. The number of ether oxygens (including phenoxy) is 2. The van der Waals surface area contributed by atoms with Gasteiger partial charge >= 0.3 is 162 Å². The van der Waals surface area contributed by atoms with Crippen molar-refractivity contribution in [1.82, 2.24) is 4.90 Å². The number of hydrogen-bond acceptors (Lipinski definition) is 3. The van der Waals surface area contributed by atoms with Crippen LogP contribution < -0.4 is 0 Å². The summed E-state index contributed by atoms with van der Waals surface area (Å²) < 4.78 is 52.8. The van der Waals surface area contributed by atoms with Crippen molar-refractivity contribution < 1.29 is 27.4 Å². The number of alkyl halides is 3. The number of halogens is 3. The van der Waals surface area contributed by atoms with Crippen LogP contribution in [-0.2, 0) is 19.9 Å². The summed E-state index contributed by atoms with van der Waals surface area (Å²) in [7, 11) is 0.881. The molecule has 1 amide bonds. The van der Waals surface area contributed by atoms with Gasteiger partial charge in [0.25, 0.3) is 0 Å². The molecule has 0 unspecified atom stereocenters. The fourth-order valence-electron chi connectivity index (χ4n) is 3.14. The molecular weight excluding hydrogens is 426 g/mol. The van der Waals surface area contributed by atoms with Crippen LogP contribution in [0.2, 0.25) is 0 Å². The number of amides is 1. The van der Waals surface area contributed by atoms with E-state index in [9.17, 15) is 18.0 Å². The zero-order valence-corrected chi connectivity index (χ0v) is 16.0. The van der Waals surface area contributed by atoms with Crippen LogP contribution in [0.3, 0.4) is 0 Å². The van der Waals surface area contributed by atoms with Crippen molar-refractivity contribution in [2.45, 2.75) is 17.8 Å². The molecule has 3 rings (SSSR count). The monoisotopic (exact) mass is 443 g/mol. The Labute approximate surface area is 162 Å². The zero-order valence-electron chi connectivity index (χ0n) is 14.3. The number of rotatable bonds is 4. The fourth-order valence-corrected chi connectivity index (χ4v) is 3.72. The van der Waals surface area contributed by atoms with E-state index in [-0.39, 0.29) is 16.9 Å². The standard InChI is InChI=1S/C19H16F3NO3Se/c1-25-18(19(20,21)22,14-10-6-3-7-11-14)16(24)23-15(12-26-17(23)27)13-8-4-2-5-9-13/h2-11,15H,12H2,1H3/t15-,18+/m0/s1. The first-order valence-electron chi connectivity index (χ1n) is 8.05. The number of benzene rings is 2. The van der Waals surface area contributed by atoms with Gasteiger partial charge in [-0.2, -0.15) is 0 Å². The topological polar surface area (TPSA) is 38.8 Å². The van der Waals surface area contributed by atoms with Gasteiger partial charge in [0.15, 0.2) is 0 Å². The van der Waals surface area contributed by atoms with Crippen molar-refractivity contribution in [2.75, 3.05) is 13.7 Å². The van der Waals surface area contributed by atoms with Gasteiger partial charge < -0.3 is 0 Å². The average Bonchev–Trinajstić information content (AvgIpc) is 3.04. The Morgan fingerprint density at radius 2 is 1.67 bits per heavy atom. The van der Waals surface area contributed by atoms with Gasteiger partial charge in [-0.3, -0.25) is 0 Å². The van der Waals surface area contributed by atoms with Crippen LogP contribution in [0.4, 0.5) is 13.2 Å². The molecule has 0 aliphatic carbocycles. The summed E-state index contributed by atoms with van der Waals surface area (Å²) in [4.78, 5) is 14.3. The maximum atomic E-state index is 14.2. The van der Waals surface area contributed by atoms with Gasteiger partial charge in [0.05, 0.1) is 0 Å². The molecule has 27 heavy (non-hydrogen) atoms. The second kappa shape index (κ2) is 7.46. The van der Waals surface area contributed by atoms with Crippen LogP contribution in [0, 0.1) is 0 Å². The van der Waals surface area contributed by atoms with E-state index in [1.807, 2.05) is 0 Å². The van der Waals surface area contributed by atoms with Crippen LogP contribution >= 0.6 is 0 Å². The van der Waals surface area contributed by atoms with Crippen molar-refractivity contribution in [3.8, 4) is 0 Å². The van der Waals surface area contributed by atoms with Crippen LogP contribution in [0.15, 0.2) is 60.7 Å². The molecule has 0 radical (unpaired) electrons. The minimum absolute atomic E-state index is 0.0181. The first-order valence-corrected chi connectivity index (χ1v) is 8.91. The first-order chi connectivity index (χ1) is 12.8. The molecule has 0 bridgehead atoms. The summed E-state index contributed by atoms with van der Waals surface area (Å²) in [5.74, 6) is -1.26. The van der Waals surface area contributed by atoms with Crippen LogP contribution in [0.5, 0.6) is 0 Å². The summed E-state index contributed by atoms with van der Waals surface area (Å²) >= 11 is 2.55. The van der Waals surface area contributed by atoms with E-state index in [0.717, 1.165) is 12.0 Å². The first kappa shape index (κ1) is 19.6. The zero-order chi connectivity index (χ0) is 19.7. The Hall–Kier alpha value is -2.15. The molecule has 1 aliphatic heterocycles. The second-order valence-corrected chi connectivity index (χ2v) is 6.66. The quantitative estimate of drug-likeness (QED) is 0.684. The number of carbonyl (C=O) groups is 1. The third kappa shape index (κ3) is 3.29. The summed E-state index contributed by atoms with van der Waals surface area (Å²) in [6, 6.07) is 14.9. The van der Waals surface area contributed by atoms with Gasteiger partial charge in [-0.1, -0.05) is 0 Å². The van der Waals surface area contributed by atoms with Gasteiger partial charge in [0.2, 0.25) is 0 Å². The minimum atomic E-state index is -4.98. The molecule has 2 aromatic rings. The van der Waals surface area contributed by atoms with E-state index in [1.165, 1.54) is 24.3 Å². The molecule has 1 heterocycles. The van der Waals surface area contributed by atoms with Gasteiger partial charge in [-0.25, -0.2) is 0 Å². The number of hydrogen-bond donors (Lipinski definition) is 0. The predicted octanol–water partition coefficient (Wildman–Crippen LogP) is 2.95. The Balaban J connectivity index is 2.12. The molecule has 142 valence electrons. The second-order valence-electron chi connectivity index (χ2n) is 5.93. The Kier molecular flexibility index (Phi) is 5.42. The van der Waals surface area contributed by atoms with Crippen LogP contribution in [0.1, 0.15) is 17.2 Å². The number of carbonyl (C=O) groups excluding carboxylic acids is 1. The molecule has 8 heteroatoms. The van der Waals surface area contributed by atoms with Gasteiger partial charge in [0, 0.05) is 0 Å². The summed E-state index contributed by atoms with van der Waals surface area (Å²) in [5.41, 5.74) is -2.78. The molecule has 0 aromatic heterocycles. The normalized spacial score (nSPS) is 19.5. The molecule has 0 spiro atoms. The predicted molar refractivity (Wildman–Crippen MR) is 93.9 cm³/mol. The third-order valence-electron chi connectivity index (χ3n) is 4.46. The summed E-state index contributed by atoms with van der Waals surface area (Å²) in [5, 5.41) is 0. The van der Waals surface area contributed by atoms with Crippen molar-refractivity contribution in [3.05, 3.63) is 71.8 Å². The third-order valence-corrected chi connectivity index (χ3v) is 5.12. The Morgan fingerprint density at radius 3 is 2.19 bits per heavy atom. The molecule has 4 nitrogen and oxygen atoms in total. The van der Waals surface area contributed by atoms with Crippen molar-refractivity contribution in [1.29, 1.82) is 0 Å². The molecular formula is C19H16F3NO3Se. The van der Waals surface area contributed by atoms with Gasteiger partial charge in [0.1, 0.15) is 0 Å². The fraction of sp³-hybridized carbons (Fsp3) is 0.263. The Morgan fingerprint density at radius 1 is 1.11 bits per heavy atom. The van der Waals surface area contributed by atoms with E-state index in [1.54, 1.807) is 36.4 Å². The average molecular weight is 442 g/mol. The molecule has 2 aromatic carbocycles. The molecule has 0 N–H and O–H groups in total. The number of nitrogens with zero attached hydrogens (tertiary/aromatic N) is 1. The Bertz CT molecular complexity index is 829.